The lowest BCUT2D eigenvalue weighted by molar-refractivity contribution is 0.101. The Morgan fingerprint density at radius 2 is 2.03 bits per heavy atom. The van der Waals surface area contributed by atoms with Gasteiger partial charge < -0.3 is 9.84 Å². The number of piperidine rings is 1. The Bertz CT molecular complexity index is 984. The minimum atomic E-state index is -0.294. The number of hydrogen-bond donors (Lipinski definition) is 1. The zero-order valence-electron chi connectivity index (χ0n) is 16.4. The molecule has 4 rings (SSSR count). The van der Waals surface area contributed by atoms with Gasteiger partial charge in [-0.3, -0.25) is 9.69 Å². The molecule has 29 heavy (non-hydrogen) atoms. The van der Waals surface area contributed by atoms with Crippen LogP contribution in [0.25, 0.3) is 11.3 Å². The van der Waals surface area contributed by atoms with Crippen LogP contribution in [-0.4, -0.2) is 28.6 Å². The van der Waals surface area contributed by atoms with E-state index < -0.39 is 0 Å². The molecule has 1 aromatic heterocycles. The number of rotatable bonds is 5. The van der Waals surface area contributed by atoms with E-state index >= 15 is 0 Å². The van der Waals surface area contributed by atoms with E-state index in [2.05, 4.69) is 28.4 Å². The summed E-state index contributed by atoms with van der Waals surface area (Å²) in [5.41, 5.74) is 3.01. The molecule has 0 saturated carbocycles. The first-order valence-corrected chi connectivity index (χ1v) is 10.3. The highest BCUT2D eigenvalue weighted by Crippen LogP contribution is 2.23. The monoisotopic (exact) mass is 409 g/mol. The number of amides is 1. The lowest BCUT2D eigenvalue weighted by Gasteiger charge is -2.33. The maximum absolute atomic E-state index is 12.6. The van der Waals surface area contributed by atoms with E-state index in [1.807, 2.05) is 30.3 Å². The largest absolute Gasteiger partial charge is 0.355 e. The summed E-state index contributed by atoms with van der Waals surface area (Å²) >= 11 is 5.91. The second kappa shape index (κ2) is 8.80. The molecule has 2 heterocycles. The van der Waals surface area contributed by atoms with E-state index in [-0.39, 0.29) is 11.6 Å². The number of hydrogen-bond acceptors (Lipinski definition) is 4. The number of benzene rings is 2. The lowest BCUT2D eigenvalue weighted by Crippen LogP contribution is -2.36. The van der Waals surface area contributed by atoms with Crippen molar-refractivity contribution in [2.45, 2.75) is 38.8 Å². The Labute approximate surface area is 175 Å². The van der Waals surface area contributed by atoms with E-state index in [9.17, 15) is 4.79 Å². The number of likely N-dealkylation sites (tertiary alicyclic amines) is 1. The molecule has 2 aromatic carbocycles. The van der Waals surface area contributed by atoms with Gasteiger partial charge in [0.15, 0.2) is 11.5 Å². The molecule has 3 aromatic rings. The Hall–Kier alpha value is -2.63. The highest BCUT2D eigenvalue weighted by molar-refractivity contribution is 6.30. The third-order valence-corrected chi connectivity index (χ3v) is 5.63. The summed E-state index contributed by atoms with van der Waals surface area (Å²) in [5, 5.41) is 7.47. The number of nitrogens with zero attached hydrogens (tertiary/aromatic N) is 2. The van der Waals surface area contributed by atoms with Crippen molar-refractivity contribution in [1.29, 1.82) is 0 Å². The first-order chi connectivity index (χ1) is 14.1. The predicted molar refractivity (Wildman–Crippen MR) is 115 cm³/mol. The van der Waals surface area contributed by atoms with Gasteiger partial charge in [-0.05, 0) is 68.3 Å². The van der Waals surface area contributed by atoms with Crippen LogP contribution in [0.2, 0.25) is 5.02 Å². The molecule has 150 valence electrons. The molecule has 1 amide bonds. The molecule has 1 N–H and O–H groups in total. The van der Waals surface area contributed by atoms with Crippen LogP contribution in [0.3, 0.4) is 0 Å². The molecule has 0 spiro atoms. The van der Waals surface area contributed by atoms with Gasteiger partial charge in [-0.2, -0.15) is 0 Å². The molecule has 6 heteroatoms. The van der Waals surface area contributed by atoms with Gasteiger partial charge >= 0.3 is 0 Å². The number of halogens is 1. The number of carbonyl (C=O) groups is 1. The number of nitrogens with one attached hydrogen (secondary N) is 1. The fraction of sp³-hybridized carbons (Fsp3) is 0.304. The summed E-state index contributed by atoms with van der Waals surface area (Å²) in [7, 11) is 0. The molecular formula is C23H24ClN3O2. The first kappa shape index (κ1) is 19.7. The average molecular weight is 410 g/mol. The summed E-state index contributed by atoms with van der Waals surface area (Å²) in [4.78, 5) is 15.1. The molecule has 1 saturated heterocycles. The van der Waals surface area contributed by atoms with E-state index in [1.165, 1.54) is 24.8 Å². The van der Waals surface area contributed by atoms with Crippen LogP contribution in [0.15, 0.2) is 59.1 Å². The second-order valence-corrected chi connectivity index (χ2v) is 7.99. The normalized spacial score (nSPS) is 17.2. The Morgan fingerprint density at radius 1 is 1.21 bits per heavy atom. The van der Waals surface area contributed by atoms with Crippen molar-refractivity contribution in [3.63, 3.8) is 0 Å². The summed E-state index contributed by atoms with van der Waals surface area (Å²) in [5.74, 6) is 0.233. The Balaban J connectivity index is 1.43. The molecule has 1 aliphatic heterocycles. The number of carbonyl (C=O) groups excluding carboxylic acids is 1. The van der Waals surface area contributed by atoms with Crippen molar-refractivity contribution in [3.05, 3.63) is 70.9 Å². The lowest BCUT2D eigenvalue weighted by atomic mass is 10.0. The van der Waals surface area contributed by atoms with Crippen molar-refractivity contribution in [3.8, 4) is 11.3 Å². The highest BCUT2D eigenvalue weighted by Gasteiger charge is 2.18. The van der Waals surface area contributed by atoms with Crippen molar-refractivity contribution < 1.29 is 9.32 Å². The van der Waals surface area contributed by atoms with Gasteiger partial charge in [0.1, 0.15) is 0 Å². The molecule has 0 radical (unpaired) electrons. The van der Waals surface area contributed by atoms with Crippen molar-refractivity contribution in [2.75, 3.05) is 11.9 Å². The zero-order valence-corrected chi connectivity index (χ0v) is 17.2. The van der Waals surface area contributed by atoms with Crippen molar-refractivity contribution in [2.24, 2.45) is 0 Å². The minimum Gasteiger partial charge on any atom is -0.355 e. The molecular weight excluding hydrogens is 386 g/mol. The van der Waals surface area contributed by atoms with E-state index in [0.717, 1.165) is 24.3 Å². The van der Waals surface area contributed by atoms with Crippen LogP contribution in [-0.2, 0) is 6.54 Å². The average Bonchev–Trinajstić information content (AvgIpc) is 3.21. The van der Waals surface area contributed by atoms with Gasteiger partial charge in [0.2, 0.25) is 0 Å². The van der Waals surface area contributed by atoms with Gasteiger partial charge in [-0.25, -0.2) is 0 Å². The van der Waals surface area contributed by atoms with E-state index in [0.29, 0.717) is 16.8 Å². The molecule has 1 aliphatic rings. The Kier molecular flexibility index (Phi) is 5.97. The van der Waals surface area contributed by atoms with Crippen LogP contribution in [0.5, 0.6) is 0 Å². The molecule has 5 nitrogen and oxygen atoms in total. The van der Waals surface area contributed by atoms with Crippen LogP contribution in [0.4, 0.5) is 5.69 Å². The van der Waals surface area contributed by atoms with Crippen LogP contribution in [0.1, 0.15) is 42.2 Å². The second-order valence-electron chi connectivity index (χ2n) is 7.55. The topological polar surface area (TPSA) is 58.4 Å². The maximum atomic E-state index is 12.6. The Morgan fingerprint density at radius 3 is 2.83 bits per heavy atom. The first-order valence-electron chi connectivity index (χ1n) is 9.95. The SMILES string of the molecule is C[C@@H]1CCCCN1Cc1cccc(NC(=O)c2cc(-c3ccc(Cl)cc3)on2)c1. The summed E-state index contributed by atoms with van der Waals surface area (Å²) in [6.07, 6.45) is 3.81. The van der Waals surface area contributed by atoms with E-state index in [1.54, 1.807) is 18.2 Å². The van der Waals surface area contributed by atoms with Gasteiger partial charge in [-0.1, -0.05) is 35.3 Å². The fourth-order valence-corrected chi connectivity index (χ4v) is 3.83. The fourth-order valence-electron chi connectivity index (χ4n) is 3.70. The van der Waals surface area contributed by atoms with Crippen molar-refractivity contribution >= 4 is 23.2 Å². The molecule has 0 aliphatic carbocycles. The van der Waals surface area contributed by atoms with Crippen LogP contribution >= 0.6 is 11.6 Å². The van der Waals surface area contributed by atoms with E-state index in [4.69, 9.17) is 16.1 Å². The minimum absolute atomic E-state index is 0.241. The van der Waals surface area contributed by atoms with Crippen LogP contribution in [0, 0.1) is 0 Å². The molecule has 1 fully saturated rings. The summed E-state index contributed by atoms with van der Waals surface area (Å²) in [6, 6.07) is 17.4. The molecule has 1 atom stereocenters. The quantitative estimate of drug-likeness (QED) is 0.594. The van der Waals surface area contributed by atoms with Gasteiger partial charge in [0.05, 0.1) is 0 Å². The highest BCUT2D eigenvalue weighted by atomic mass is 35.5. The maximum Gasteiger partial charge on any atom is 0.277 e. The van der Waals surface area contributed by atoms with Gasteiger partial charge in [-0.15, -0.1) is 0 Å². The smallest absolute Gasteiger partial charge is 0.277 e. The van der Waals surface area contributed by atoms with Crippen molar-refractivity contribution in [1.82, 2.24) is 10.1 Å². The van der Waals surface area contributed by atoms with Crippen LogP contribution < -0.4 is 5.32 Å². The summed E-state index contributed by atoms with van der Waals surface area (Å²) in [6.45, 7) is 4.31. The van der Waals surface area contributed by atoms with Gasteiger partial charge in [0, 0.05) is 34.9 Å². The standard InChI is InChI=1S/C23H24ClN3O2/c1-16-5-2-3-12-27(16)15-17-6-4-7-20(13-17)25-23(28)21-14-22(29-26-21)18-8-10-19(24)11-9-18/h4,6-11,13-14,16H,2-3,5,12,15H2,1H3,(H,25,28)/t16-/m1/s1. The van der Waals surface area contributed by atoms with Gasteiger partial charge in [0.25, 0.3) is 5.91 Å². The number of aromatic nitrogens is 1. The molecule has 0 bridgehead atoms. The summed E-state index contributed by atoms with van der Waals surface area (Å²) < 4.78 is 5.32. The third kappa shape index (κ3) is 4.86. The number of anilines is 1. The third-order valence-electron chi connectivity index (χ3n) is 5.38. The zero-order chi connectivity index (χ0) is 20.2. The predicted octanol–water partition coefficient (Wildman–Crippen LogP) is 5.62. The molecule has 0 unspecified atom stereocenters.